The van der Waals surface area contributed by atoms with Gasteiger partial charge in [0.1, 0.15) is 0 Å². The number of aryl methyl sites for hydroxylation is 2. The van der Waals surface area contributed by atoms with Gasteiger partial charge < -0.3 is 5.32 Å². The van der Waals surface area contributed by atoms with Crippen LogP contribution in [0.1, 0.15) is 21.5 Å². The molecule has 5 nitrogen and oxygen atoms in total. The van der Waals surface area contributed by atoms with Crippen LogP contribution >= 0.6 is 11.6 Å². The molecule has 7 heteroatoms. The third-order valence-electron chi connectivity index (χ3n) is 4.59. The summed E-state index contributed by atoms with van der Waals surface area (Å²) in [7, 11) is -2.33. The van der Waals surface area contributed by atoms with Crippen LogP contribution in [0.25, 0.3) is 0 Å². The summed E-state index contributed by atoms with van der Waals surface area (Å²) in [5, 5.41) is 3.28. The first-order chi connectivity index (χ1) is 13.7. The molecule has 0 heterocycles. The number of hydrogen-bond donors (Lipinski definition) is 1. The molecule has 0 aliphatic carbocycles. The van der Waals surface area contributed by atoms with E-state index in [9.17, 15) is 13.2 Å². The molecule has 0 radical (unpaired) electrons. The van der Waals surface area contributed by atoms with E-state index in [1.807, 2.05) is 31.2 Å². The Hall–Kier alpha value is -2.83. The van der Waals surface area contributed by atoms with Gasteiger partial charge in [-0.1, -0.05) is 35.4 Å². The van der Waals surface area contributed by atoms with Crippen molar-refractivity contribution in [1.82, 2.24) is 0 Å². The first-order valence-electron chi connectivity index (χ1n) is 8.91. The Morgan fingerprint density at radius 1 is 0.931 bits per heavy atom. The van der Waals surface area contributed by atoms with E-state index < -0.39 is 10.0 Å². The van der Waals surface area contributed by atoms with Gasteiger partial charge in [-0.05, 0) is 67.9 Å². The second-order valence-electron chi connectivity index (χ2n) is 6.75. The van der Waals surface area contributed by atoms with Crippen LogP contribution in [0.2, 0.25) is 5.02 Å². The molecule has 1 amide bonds. The Bertz CT molecular complexity index is 1140. The predicted octanol–water partition coefficient (Wildman–Crippen LogP) is 5.03. The average Bonchev–Trinajstić information content (AvgIpc) is 2.70. The molecule has 3 aromatic rings. The van der Waals surface area contributed by atoms with E-state index in [2.05, 4.69) is 5.32 Å². The molecule has 0 spiro atoms. The molecule has 0 atom stereocenters. The summed E-state index contributed by atoms with van der Waals surface area (Å²) in [4.78, 5) is 12.8. The van der Waals surface area contributed by atoms with Crippen molar-refractivity contribution in [2.45, 2.75) is 18.7 Å². The number of carbonyl (C=O) groups excluding carboxylic acids is 1. The van der Waals surface area contributed by atoms with Crippen molar-refractivity contribution in [3.05, 3.63) is 88.4 Å². The first-order valence-corrected chi connectivity index (χ1v) is 10.7. The molecule has 3 aromatic carbocycles. The normalized spacial score (nSPS) is 11.2. The van der Waals surface area contributed by atoms with Gasteiger partial charge >= 0.3 is 0 Å². The number of nitrogens with one attached hydrogen (secondary N) is 1. The molecule has 1 N–H and O–H groups in total. The SMILES string of the molecule is Cc1ccc(NC(=O)c2ccc(C)c(N(C)S(=O)(=O)c3ccc(Cl)cc3)c2)cc1. The molecule has 150 valence electrons. The molecular weight excluding hydrogens is 408 g/mol. The van der Waals surface area contributed by atoms with E-state index in [4.69, 9.17) is 11.6 Å². The fourth-order valence-electron chi connectivity index (χ4n) is 2.82. The zero-order valence-corrected chi connectivity index (χ0v) is 17.9. The lowest BCUT2D eigenvalue weighted by Gasteiger charge is -2.22. The Labute approximate surface area is 176 Å². The Kier molecular flexibility index (Phi) is 5.96. The van der Waals surface area contributed by atoms with Crippen LogP contribution < -0.4 is 9.62 Å². The van der Waals surface area contributed by atoms with Gasteiger partial charge in [-0.3, -0.25) is 9.10 Å². The van der Waals surface area contributed by atoms with Crippen LogP contribution in [-0.4, -0.2) is 21.4 Å². The van der Waals surface area contributed by atoms with Crippen LogP contribution in [0.5, 0.6) is 0 Å². The number of hydrogen-bond acceptors (Lipinski definition) is 3. The lowest BCUT2D eigenvalue weighted by molar-refractivity contribution is 0.102. The van der Waals surface area contributed by atoms with Crippen molar-refractivity contribution in [2.24, 2.45) is 0 Å². The molecule has 0 bridgehead atoms. The maximum atomic E-state index is 13.0. The van der Waals surface area contributed by atoms with E-state index in [0.29, 0.717) is 22.0 Å². The maximum absolute atomic E-state index is 13.0. The van der Waals surface area contributed by atoms with Crippen LogP contribution in [0, 0.1) is 13.8 Å². The summed E-state index contributed by atoms with van der Waals surface area (Å²) in [5.41, 5.74) is 3.29. The molecular formula is C22H21ClN2O3S. The quantitative estimate of drug-likeness (QED) is 0.619. The third-order valence-corrected chi connectivity index (χ3v) is 6.63. The Morgan fingerprint density at radius 2 is 1.55 bits per heavy atom. The summed E-state index contributed by atoms with van der Waals surface area (Å²) in [6.07, 6.45) is 0. The number of benzene rings is 3. The minimum Gasteiger partial charge on any atom is -0.322 e. The van der Waals surface area contributed by atoms with Gasteiger partial charge in [0.2, 0.25) is 0 Å². The molecule has 0 fully saturated rings. The van der Waals surface area contributed by atoms with E-state index >= 15 is 0 Å². The lowest BCUT2D eigenvalue weighted by atomic mass is 10.1. The molecule has 0 unspecified atom stereocenters. The number of nitrogens with zero attached hydrogens (tertiary/aromatic N) is 1. The van der Waals surface area contributed by atoms with Crippen molar-refractivity contribution < 1.29 is 13.2 Å². The van der Waals surface area contributed by atoms with Crippen molar-refractivity contribution in [1.29, 1.82) is 0 Å². The van der Waals surface area contributed by atoms with Crippen LogP contribution in [0.15, 0.2) is 71.6 Å². The second-order valence-corrected chi connectivity index (χ2v) is 9.15. The molecule has 3 rings (SSSR count). The zero-order chi connectivity index (χ0) is 21.2. The summed E-state index contributed by atoms with van der Waals surface area (Å²) >= 11 is 5.86. The van der Waals surface area contributed by atoms with E-state index in [0.717, 1.165) is 11.1 Å². The highest BCUT2D eigenvalue weighted by atomic mass is 35.5. The monoisotopic (exact) mass is 428 g/mol. The van der Waals surface area contributed by atoms with Crippen molar-refractivity contribution in [3.63, 3.8) is 0 Å². The highest BCUT2D eigenvalue weighted by Gasteiger charge is 2.23. The minimum absolute atomic E-state index is 0.123. The van der Waals surface area contributed by atoms with Crippen molar-refractivity contribution >= 4 is 38.9 Å². The second kappa shape index (κ2) is 8.27. The molecule has 0 aromatic heterocycles. The van der Waals surface area contributed by atoms with E-state index in [-0.39, 0.29) is 10.8 Å². The van der Waals surface area contributed by atoms with Gasteiger partial charge in [0, 0.05) is 23.3 Å². The zero-order valence-electron chi connectivity index (χ0n) is 16.3. The summed E-state index contributed by atoms with van der Waals surface area (Å²) < 4.78 is 27.1. The number of rotatable bonds is 5. The number of anilines is 2. The molecule has 0 aliphatic rings. The molecule has 0 saturated heterocycles. The van der Waals surface area contributed by atoms with Gasteiger partial charge in [-0.2, -0.15) is 0 Å². The number of amides is 1. The smallest absolute Gasteiger partial charge is 0.264 e. The standard InChI is InChI=1S/C22H21ClN2O3S/c1-15-4-10-19(11-5-15)24-22(26)17-7-6-16(2)21(14-17)25(3)29(27,28)20-12-8-18(23)9-13-20/h4-14H,1-3H3,(H,24,26). The maximum Gasteiger partial charge on any atom is 0.264 e. The summed E-state index contributed by atoms with van der Waals surface area (Å²) in [5.74, 6) is -0.313. The van der Waals surface area contributed by atoms with E-state index in [1.165, 1.54) is 35.6 Å². The number of halogens is 1. The van der Waals surface area contributed by atoms with Gasteiger partial charge in [0.05, 0.1) is 10.6 Å². The largest absolute Gasteiger partial charge is 0.322 e. The van der Waals surface area contributed by atoms with Crippen LogP contribution in [0.4, 0.5) is 11.4 Å². The fraction of sp³-hybridized carbons (Fsp3) is 0.136. The average molecular weight is 429 g/mol. The third kappa shape index (κ3) is 4.60. The highest BCUT2D eigenvalue weighted by Crippen LogP contribution is 2.27. The topological polar surface area (TPSA) is 66.5 Å². The first kappa shape index (κ1) is 20.9. The van der Waals surface area contributed by atoms with Crippen molar-refractivity contribution in [3.8, 4) is 0 Å². The lowest BCUT2D eigenvalue weighted by Crippen LogP contribution is -2.27. The molecule has 29 heavy (non-hydrogen) atoms. The summed E-state index contributed by atoms with van der Waals surface area (Å²) in [6, 6.07) is 18.4. The highest BCUT2D eigenvalue weighted by molar-refractivity contribution is 7.92. The predicted molar refractivity (Wildman–Crippen MR) is 117 cm³/mol. The van der Waals surface area contributed by atoms with Crippen LogP contribution in [0.3, 0.4) is 0 Å². The van der Waals surface area contributed by atoms with Crippen LogP contribution in [-0.2, 0) is 10.0 Å². The minimum atomic E-state index is -3.79. The number of carbonyl (C=O) groups is 1. The number of sulfonamides is 1. The molecule has 0 aliphatic heterocycles. The van der Waals surface area contributed by atoms with Crippen molar-refractivity contribution in [2.75, 3.05) is 16.7 Å². The van der Waals surface area contributed by atoms with Gasteiger partial charge in [-0.25, -0.2) is 8.42 Å². The molecule has 0 saturated carbocycles. The van der Waals surface area contributed by atoms with E-state index in [1.54, 1.807) is 25.1 Å². The van der Waals surface area contributed by atoms with Gasteiger partial charge in [-0.15, -0.1) is 0 Å². The fourth-order valence-corrected chi connectivity index (χ4v) is 4.20. The Balaban J connectivity index is 1.90. The summed E-state index contributed by atoms with van der Waals surface area (Å²) in [6.45, 7) is 3.76. The van der Waals surface area contributed by atoms with Gasteiger partial charge in [0.15, 0.2) is 0 Å². The van der Waals surface area contributed by atoms with Gasteiger partial charge in [0.25, 0.3) is 15.9 Å². The Morgan fingerprint density at radius 3 is 2.17 bits per heavy atom.